The second-order valence-electron chi connectivity index (χ2n) is 3.65. The summed E-state index contributed by atoms with van der Waals surface area (Å²) in [5.74, 6) is 0.0568. The van der Waals surface area contributed by atoms with Crippen molar-refractivity contribution in [3.8, 4) is 0 Å². The van der Waals surface area contributed by atoms with E-state index in [2.05, 4.69) is 36.0 Å². The van der Waals surface area contributed by atoms with Crippen LogP contribution in [0.15, 0.2) is 12.7 Å². The van der Waals surface area contributed by atoms with Crippen LogP contribution in [0.3, 0.4) is 0 Å². The fraction of sp³-hybridized carbons (Fsp3) is 0.750. The highest BCUT2D eigenvalue weighted by molar-refractivity contribution is 5.77. The number of amides is 1. The zero-order valence-electron chi connectivity index (χ0n) is 10.6. The molecule has 0 rings (SSSR count). The number of hydrogen-bond donors (Lipinski definition) is 2. The van der Waals surface area contributed by atoms with Crippen molar-refractivity contribution in [2.75, 3.05) is 39.3 Å². The topological polar surface area (TPSA) is 44.4 Å². The van der Waals surface area contributed by atoms with Gasteiger partial charge in [0.15, 0.2) is 0 Å². The van der Waals surface area contributed by atoms with Crippen molar-refractivity contribution in [3.63, 3.8) is 0 Å². The molecule has 0 aromatic heterocycles. The van der Waals surface area contributed by atoms with Gasteiger partial charge < -0.3 is 15.5 Å². The minimum absolute atomic E-state index is 0.0568. The van der Waals surface area contributed by atoms with Crippen molar-refractivity contribution in [1.29, 1.82) is 0 Å². The van der Waals surface area contributed by atoms with Crippen molar-refractivity contribution >= 4 is 5.91 Å². The molecule has 16 heavy (non-hydrogen) atoms. The minimum atomic E-state index is 0.0568. The summed E-state index contributed by atoms with van der Waals surface area (Å²) in [4.78, 5) is 13.6. The number of nitrogens with zero attached hydrogens (tertiary/aromatic N) is 1. The molecule has 0 aromatic rings. The molecule has 0 saturated carbocycles. The van der Waals surface area contributed by atoms with Gasteiger partial charge in [0.2, 0.25) is 5.91 Å². The quantitative estimate of drug-likeness (QED) is 0.424. The molecule has 0 fully saturated rings. The summed E-state index contributed by atoms with van der Waals surface area (Å²) >= 11 is 0. The lowest BCUT2D eigenvalue weighted by molar-refractivity contribution is -0.120. The molecule has 4 nitrogen and oxygen atoms in total. The van der Waals surface area contributed by atoms with Crippen molar-refractivity contribution in [1.82, 2.24) is 15.5 Å². The molecule has 0 atom stereocenters. The first-order valence-electron chi connectivity index (χ1n) is 6.05. The van der Waals surface area contributed by atoms with Gasteiger partial charge in [0.1, 0.15) is 0 Å². The lowest BCUT2D eigenvalue weighted by Crippen LogP contribution is -2.35. The number of nitrogens with one attached hydrogen (secondary N) is 2. The Morgan fingerprint density at radius 2 is 2.06 bits per heavy atom. The third kappa shape index (κ3) is 8.44. The van der Waals surface area contributed by atoms with E-state index in [1.807, 2.05) is 0 Å². The zero-order valence-corrected chi connectivity index (χ0v) is 10.6. The summed E-state index contributed by atoms with van der Waals surface area (Å²) in [5, 5.41) is 5.85. The van der Waals surface area contributed by atoms with Crippen LogP contribution in [0.25, 0.3) is 0 Å². The van der Waals surface area contributed by atoms with Gasteiger partial charge in [-0.3, -0.25) is 4.79 Å². The van der Waals surface area contributed by atoms with Crippen molar-refractivity contribution in [2.24, 2.45) is 0 Å². The second kappa shape index (κ2) is 10.6. The largest absolute Gasteiger partial charge is 0.355 e. The lowest BCUT2D eigenvalue weighted by Gasteiger charge is -2.17. The highest BCUT2D eigenvalue weighted by atomic mass is 16.1. The van der Waals surface area contributed by atoms with Gasteiger partial charge in [-0.1, -0.05) is 19.9 Å². The Bertz CT molecular complexity index is 191. The average molecular weight is 227 g/mol. The Morgan fingerprint density at radius 1 is 1.38 bits per heavy atom. The van der Waals surface area contributed by atoms with E-state index in [9.17, 15) is 4.79 Å². The van der Waals surface area contributed by atoms with Crippen LogP contribution in [0.2, 0.25) is 0 Å². The highest BCUT2D eigenvalue weighted by Crippen LogP contribution is 1.88. The molecule has 0 aliphatic heterocycles. The van der Waals surface area contributed by atoms with Crippen LogP contribution in [-0.2, 0) is 4.79 Å². The standard InChI is InChI=1S/C12H25N3O/c1-4-8-13-11-12(16)14-9-7-10-15(5-2)6-3/h4,13H,1,5-11H2,2-3H3,(H,14,16). The minimum Gasteiger partial charge on any atom is -0.355 e. The Balaban J connectivity index is 3.36. The van der Waals surface area contributed by atoms with Crippen LogP contribution in [0.1, 0.15) is 20.3 Å². The third-order valence-electron chi connectivity index (χ3n) is 2.44. The molecule has 94 valence electrons. The Hall–Kier alpha value is -0.870. The van der Waals surface area contributed by atoms with Gasteiger partial charge in [0.25, 0.3) is 0 Å². The summed E-state index contributed by atoms with van der Waals surface area (Å²) in [5.41, 5.74) is 0. The molecule has 0 radical (unpaired) electrons. The molecule has 2 N–H and O–H groups in total. The summed E-state index contributed by atoms with van der Waals surface area (Å²) in [6, 6.07) is 0. The molecule has 0 unspecified atom stereocenters. The van der Waals surface area contributed by atoms with E-state index in [0.717, 1.165) is 32.6 Å². The molecule has 0 bridgehead atoms. The first kappa shape index (κ1) is 15.1. The third-order valence-corrected chi connectivity index (χ3v) is 2.44. The highest BCUT2D eigenvalue weighted by Gasteiger charge is 2.00. The summed E-state index contributed by atoms with van der Waals surface area (Å²) in [7, 11) is 0. The molecule has 4 heteroatoms. The maximum Gasteiger partial charge on any atom is 0.233 e. The summed E-state index contributed by atoms with van der Waals surface area (Å²) < 4.78 is 0. The van der Waals surface area contributed by atoms with Gasteiger partial charge >= 0.3 is 0 Å². The monoisotopic (exact) mass is 227 g/mol. The lowest BCUT2D eigenvalue weighted by atomic mass is 10.3. The molecular formula is C12H25N3O. The number of rotatable bonds is 10. The van der Waals surface area contributed by atoms with Gasteiger partial charge in [-0.15, -0.1) is 6.58 Å². The van der Waals surface area contributed by atoms with Crippen LogP contribution in [0.4, 0.5) is 0 Å². The van der Waals surface area contributed by atoms with Crippen LogP contribution in [0.5, 0.6) is 0 Å². The zero-order chi connectivity index (χ0) is 12.2. The molecule has 0 heterocycles. The Kier molecular flexibility index (Phi) is 10.1. The van der Waals surface area contributed by atoms with Gasteiger partial charge in [0.05, 0.1) is 6.54 Å². The maximum atomic E-state index is 11.3. The van der Waals surface area contributed by atoms with E-state index in [-0.39, 0.29) is 5.91 Å². The fourth-order valence-electron chi connectivity index (χ4n) is 1.42. The van der Waals surface area contributed by atoms with Crippen LogP contribution in [-0.4, -0.2) is 50.1 Å². The van der Waals surface area contributed by atoms with E-state index >= 15 is 0 Å². The molecule has 0 spiro atoms. The van der Waals surface area contributed by atoms with E-state index in [0.29, 0.717) is 13.1 Å². The van der Waals surface area contributed by atoms with Crippen LogP contribution >= 0.6 is 0 Å². The van der Waals surface area contributed by atoms with Gasteiger partial charge in [0, 0.05) is 13.1 Å². The Labute approximate surface area is 99.1 Å². The number of hydrogen-bond acceptors (Lipinski definition) is 3. The SMILES string of the molecule is C=CCNCC(=O)NCCCN(CC)CC. The normalized spacial score (nSPS) is 10.4. The summed E-state index contributed by atoms with van der Waals surface area (Å²) in [6.07, 6.45) is 2.75. The van der Waals surface area contributed by atoms with E-state index in [1.54, 1.807) is 6.08 Å². The average Bonchev–Trinajstić information content (AvgIpc) is 2.30. The van der Waals surface area contributed by atoms with Crippen molar-refractivity contribution < 1.29 is 4.79 Å². The molecule has 0 saturated heterocycles. The van der Waals surface area contributed by atoms with E-state index < -0.39 is 0 Å². The van der Waals surface area contributed by atoms with E-state index in [1.165, 1.54) is 0 Å². The van der Waals surface area contributed by atoms with Crippen LogP contribution in [0, 0.1) is 0 Å². The first-order valence-corrected chi connectivity index (χ1v) is 6.05. The van der Waals surface area contributed by atoms with Crippen molar-refractivity contribution in [2.45, 2.75) is 20.3 Å². The summed E-state index contributed by atoms with van der Waals surface area (Å²) in [6.45, 7) is 12.9. The smallest absolute Gasteiger partial charge is 0.233 e. The van der Waals surface area contributed by atoms with Gasteiger partial charge in [-0.2, -0.15) is 0 Å². The first-order chi connectivity index (χ1) is 7.74. The second-order valence-corrected chi connectivity index (χ2v) is 3.65. The van der Waals surface area contributed by atoms with Crippen molar-refractivity contribution in [3.05, 3.63) is 12.7 Å². The Morgan fingerprint density at radius 3 is 2.62 bits per heavy atom. The molecule has 1 amide bonds. The molecular weight excluding hydrogens is 202 g/mol. The number of carbonyl (C=O) groups excluding carboxylic acids is 1. The molecule has 0 aromatic carbocycles. The predicted molar refractivity (Wildman–Crippen MR) is 68.5 cm³/mol. The van der Waals surface area contributed by atoms with Gasteiger partial charge in [-0.05, 0) is 26.1 Å². The molecule has 0 aliphatic rings. The fourth-order valence-corrected chi connectivity index (χ4v) is 1.42. The van der Waals surface area contributed by atoms with Crippen LogP contribution < -0.4 is 10.6 Å². The van der Waals surface area contributed by atoms with Gasteiger partial charge in [-0.25, -0.2) is 0 Å². The van der Waals surface area contributed by atoms with E-state index in [4.69, 9.17) is 0 Å². The maximum absolute atomic E-state index is 11.3. The predicted octanol–water partition coefficient (Wildman–Crippen LogP) is 0.610. The molecule has 0 aliphatic carbocycles. The number of carbonyl (C=O) groups is 1.